The van der Waals surface area contributed by atoms with E-state index in [0.29, 0.717) is 25.7 Å². The Hall–Kier alpha value is -1.99. The standard InChI is InChI=1S/C17H19N3O3S/c1-12-4-6-18-16(19-12)23-13-5-7-22-17(9-13)10-20(11-17)15(21)14-3-2-8-24-14/h2-4,6,8,13H,5,7,9-11H2,1H3. The third-order valence-corrected chi connectivity index (χ3v) is 5.33. The van der Waals surface area contributed by atoms with Gasteiger partial charge in [0.2, 0.25) is 0 Å². The maximum Gasteiger partial charge on any atom is 0.316 e. The number of amides is 1. The van der Waals surface area contributed by atoms with Crippen LogP contribution >= 0.6 is 11.3 Å². The highest BCUT2D eigenvalue weighted by Gasteiger charge is 2.50. The molecule has 0 aromatic carbocycles. The average molecular weight is 345 g/mol. The van der Waals surface area contributed by atoms with E-state index in [4.69, 9.17) is 9.47 Å². The van der Waals surface area contributed by atoms with Gasteiger partial charge in [-0.1, -0.05) is 6.07 Å². The molecule has 4 rings (SSSR count). The quantitative estimate of drug-likeness (QED) is 0.854. The van der Waals surface area contributed by atoms with Gasteiger partial charge in [-0.3, -0.25) is 4.79 Å². The number of likely N-dealkylation sites (tertiary alicyclic amines) is 1. The van der Waals surface area contributed by atoms with Crippen molar-refractivity contribution in [1.29, 1.82) is 0 Å². The van der Waals surface area contributed by atoms with Crippen LogP contribution in [0.3, 0.4) is 0 Å². The zero-order valence-corrected chi connectivity index (χ0v) is 14.3. The van der Waals surface area contributed by atoms with Gasteiger partial charge in [0, 0.05) is 24.7 Å². The topological polar surface area (TPSA) is 64.6 Å². The van der Waals surface area contributed by atoms with Crippen LogP contribution in [0.2, 0.25) is 0 Å². The zero-order valence-electron chi connectivity index (χ0n) is 13.5. The predicted molar refractivity (Wildman–Crippen MR) is 89.3 cm³/mol. The Labute approximate surface area is 144 Å². The maximum absolute atomic E-state index is 12.4. The molecule has 0 radical (unpaired) electrons. The van der Waals surface area contributed by atoms with E-state index >= 15 is 0 Å². The molecule has 6 nitrogen and oxygen atoms in total. The van der Waals surface area contributed by atoms with Crippen LogP contribution in [0.5, 0.6) is 6.01 Å². The first-order valence-electron chi connectivity index (χ1n) is 8.07. The van der Waals surface area contributed by atoms with Gasteiger partial charge in [0.1, 0.15) is 11.7 Å². The second-order valence-corrected chi connectivity index (χ2v) is 7.33. The molecule has 1 amide bonds. The molecule has 1 unspecified atom stereocenters. The molecule has 0 saturated carbocycles. The molecule has 0 aliphatic carbocycles. The van der Waals surface area contributed by atoms with Crippen LogP contribution in [0.4, 0.5) is 0 Å². The summed E-state index contributed by atoms with van der Waals surface area (Å²) in [4.78, 5) is 23.4. The van der Waals surface area contributed by atoms with Crippen molar-refractivity contribution in [2.75, 3.05) is 19.7 Å². The van der Waals surface area contributed by atoms with Gasteiger partial charge in [-0.2, -0.15) is 0 Å². The van der Waals surface area contributed by atoms with Gasteiger partial charge in [-0.15, -0.1) is 11.3 Å². The van der Waals surface area contributed by atoms with E-state index in [-0.39, 0.29) is 17.6 Å². The van der Waals surface area contributed by atoms with Gasteiger partial charge >= 0.3 is 6.01 Å². The number of rotatable bonds is 3. The Bertz CT molecular complexity index is 728. The summed E-state index contributed by atoms with van der Waals surface area (Å²) in [6.07, 6.45) is 3.31. The van der Waals surface area contributed by atoms with Gasteiger partial charge in [-0.25, -0.2) is 9.97 Å². The highest BCUT2D eigenvalue weighted by Crippen LogP contribution is 2.36. The van der Waals surface area contributed by atoms with Crippen LogP contribution in [-0.4, -0.2) is 52.2 Å². The molecule has 2 aliphatic rings. The van der Waals surface area contributed by atoms with Gasteiger partial charge < -0.3 is 14.4 Å². The molecule has 2 aromatic rings. The van der Waals surface area contributed by atoms with Gasteiger partial charge in [0.05, 0.1) is 24.6 Å². The number of thiophene rings is 1. The molecule has 2 aromatic heterocycles. The number of ether oxygens (including phenoxy) is 2. The fourth-order valence-electron chi connectivity index (χ4n) is 3.28. The predicted octanol–water partition coefficient (Wildman–Crippen LogP) is 2.30. The van der Waals surface area contributed by atoms with Crippen molar-refractivity contribution in [3.05, 3.63) is 40.3 Å². The lowest BCUT2D eigenvalue weighted by atomic mass is 9.84. The average Bonchev–Trinajstić information content (AvgIpc) is 3.06. The third kappa shape index (κ3) is 3.01. The van der Waals surface area contributed by atoms with Crippen molar-refractivity contribution in [3.63, 3.8) is 0 Å². The summed E-state index contributed by atoms with van der Waals surface area (Å²) >= 11 is 1.47. The van der Waals surface area contributed by atoms with E-state index < -0.39 is 0 Å². The maximum atomic E-state index is 12.4. The lowest BCUT2D eigenvalue weighted by Crippen LogP contribution is -2.67. The highest BCUT2D eigenvalue weighted by molar-refractivity contribution is 7.12. The zero-order chi connectivity index (χ0) is 16.6. The van der Waals surface area contributed by atoms with Crippen LogP contribution in [0, 0.1) is 6.92 Å². The summed E-state index contributed by atoms with van der Waals surface area (Å²) in [5, 5.41) is 1.92. The number of hydrogen-bond donors (Lipinski definition) is 0. The summed E-state index contributed by atoms with van der Waals surface area (Å²) in [5.41, 5.74) is 0.609. The van der Waals surface area contributed by atoms with Crippen LogP contribution in [0.1, 0.15) is 28.2 Å². The Morgan fingerprint density at radius 2 is 2.33 bits per heavy atom. The van der Waals surface area contributed by atoms with E-state index in [1.54, 1.807) is 6.20 Å². The highest BCUT2D eigenvalue weighted by atomic mass is 32.1. The second kappa shape index (κ2) is 6.14. The van der Waals surface area contributed by atoms with E-state index in [1.165, 1.54) is 11.3 Å². The van der Waals surface area contributed by atoms with Crippen LogP contribution in [0.15, 0.2) is 29.8 Å². The Balaban J connectivity index is 1.37. The summed E-state index contributed by atoms with van der Waals surface area (Å²) in [5.74, 6) is 0.0873. The van der Waals surface area contributed by atoms with Gasteiger partial charge in [-0.05, 0) is 24.4 Å². The minimum Gasteiger partial charge on any atom is -0.460 e. The molecular formula is C17H19N3O3S. The van der Waals surface area contributed by atoms with E-state index in [9.17, 15) is 4.79 Å². The smallest absolute Gasteiger partial charge is 0.316 e. The normalized spacial score (nSPS) is 22.2. The van der Waals surface area contributed by atoms with E-state index in [2.05, 4.69) is 9.97 Å². The number of hydrogen-bond acceptors (Lipinski definition) is 6. The van der Waals surface area contributed by atoms with Crippen LogP contribution in [-0.2, 0) is 4.74 Å². The number of carbonyl (C=O) groups is 1. The molecule has 2 fully saturated rings. The SMILES string of the molecule is Cc1ccnc(OC2CCOC3(C2)CN(C(=O)c2cccs2)C3)n1. The number of aromatic nitrogens is 2. The molecule has 1 spiro atoms. The molecule has 1 atom stereocenters. The lowest BCUT2D eigenvalue weighted by molar-refractivity contribution is -0.174. The Morgan fingerprint density at radius 1 is 1.46 bits per heavy atom. The first-order chi connectivity index (χ1) is 11.6. The number of carbonyl (C=O) groups excluding carboxylic acids is 1. The molecule has 0 N–H and O–H groups in total. The van der Waals surface area contributed by atoms with Crippen molar-refractivity contribution in [3.8, 4) is 6.01 Å². The fraction of sp³-hybridized carbons (Fsp3) is 0.471. The summed E-state index contributed by atoms with van der Waals surface area (Å²) < 4.78 is 11.9. The van der Waals surface area contributed by atoms with Gasteiger partial charge in [0.25, 0.3) is 5.91 Å². The molecule has 24 heavy (non-hydrogen) atoms. The fourth-order valence-corrected chi connectivity index (χ4v) is 3.98. The monoisotopic (exact) mass is 345 g/mol. The minimum atomic E-state index is -0.278. The lowest BCUT2D eigenvalue weighted by Gasteiger charge is -2.52. The summed E-state index contributed by atoms with van der Waals surface area (Å²) in [6.45, 7) is 3.80. The van der Waals surface area contributed by atoms with Gasteiger partial charge in [0.15, 0.2) is 0 Å². The first kappa shape index (κ1) is 15.5. The molecule has 2 saturated heterocycles. The van der Waals surface area contributed by atoms with E-state index in [0.717, 1.165) is 23.4 Å². The second-order valence-electron chi connectivity index (χ2n) is 6.38. The third-order valence-electron chi connectivity index (χ3n) is 4.47. The number of aryl methyl sites for hydroxylation is 1. The summed E-state index contributed by atoms with van der Waals surface area (Å²) in [6, 6.07) is 6.03. The molecule has 7 heteroatoms. The first-order valence-corrected chi connectivity index (χ1v) is 8.95. The van der Waals surface area contributed by atoms with Crippen LogP contribution in [0.25, 0.3) is 0 Å². The Kier molecular flexibility index (Phi) is 3.97. The van der Waals surface area contributed by atoms with Crippen molar-refractivity contribution >= 4 is 17.2 Å². The van der Waals surface area contributed by atoms with Crippen molar-refractivity contribution in [2.45, 2.75) is 31.5 Å². The van der Waals surface area contributed by atoms with E-state index in [1.807, 2.05) is 35.4 Å². The summed E-state index contributed by atoms with van der Waals surface area (Å²) in [7, 11) is 0. The van der Waals surface area contributed by atoms with Crippen molar-refractivity contribution < 1.29 is 14.3 Å². The van der Waals surface area contributed by atoms with Crippen molar-refractivity contribution in [2.24, 2.45) is 0 Å². The minimum absolute atomic E-state index is 0.0274. The van der Waals surface area contributed by atoms with Crippen molar-refractivity contribution in [1.82, 2.24) is 14.9 Å². The Morgan fingerprint density at radius 3 is 3.08 bits per heavy atom. The largest absolute Gasteiger partial charge is 0.460 e. The van der Waals surface area contributed by atoms with Crippen LogP contribution < -0.4 is 4.74 Å². The number of nitrogens with zero attached hydrogens (tertiary/aromatic N) is 3. The molecule has 0 bridgehead atoms. The molecular weight excluding hydrogens is 326 g/mol. The molecule has 4 heterocycles. The molecule has 126 valence electrons. The molecule has 2 aliphatic heterocycles.